The predicted octanol–water partition coefficient (Wildman–Crippen LogP) is 4.69. The van der Waals surface area contributed by atoms with Crippen molar-refractivity contribution in [2.75, 3.05) is 0 Å². The molecule has 1 aliphatic rings. The van der Waals surface area contributed by atoms with E-state index in [1.54, 1.807) is 23.6 Å². The van der Waals surface area contributed by atoms with Gasteiger partial charge in [-0.15, -0.1) is 0 Å². The third-order valence-electron chi connectivity index (χ3n) is 4.04. The standard InChI is InChI=1S/C20H18N2O3S2/c1-14-7-9-16(10-8-14)27(23,24)25-22-20-18(11-12-26-20)19(13-21)17-6-4-3-5-15(17)2/h3-13,21H,1-2H3/b19-18+,21-13?,22-20-. The first-order chi connectivity index (χ1) is 12.9. The molecule has 0 bridgehead atoms. The van der Waals surface area contributed by atoms with Crippen LogP contribution in [0, 0.1) is 19.3 Å². The van der Waals surface area contributed by atoms with Crippen molar-refractivity contribution < 1.29 is 12.7 Å². The summed E-state index contributed by atoms with van der Waals surface area (Å²) in [6, 6.07) is 14.1. The van der Waals surface area contributed by atoms with Gasteiger partial charge in [0.15, 0.2) is 0 Å². The molecule has 5 nitrogen and oxygen atoms in total. The number of nitrogens with one attached hydrogen (secondary N) is 1. The van der Waals surface area contributed by atoms with Crippen molar-refractivity contribution in [1.82, 2.24) is 0 Å². The largest absolute Gasteiger partial charge is 0.358 e. The summed E-state index contributed by atoms with van der Waals surface area (Å²) < 4.78 is 29.6. The molecule has 2 aromatic rings. The maximum atomic E-state index is 12.4. The molecule has 0 amide bonds. The van der Waals surface area contributed by atoms with Gasteiger partial charge in [0.05, 0.1) is 0 Å². The number of hydrogen-bond acceptors (Lipinski definition) is 6. The molecule has 1 heterocycles. The minimum Gasteiger partial charge on any atom is -0.308 e. The Morgan fingerprint density at radius 1 is 1.11 bits per heavy atom. The van der Waals surface area contributed by atoms with Gasteiger partial charge >= 0.3 is 10.1 Å². The fraction of sp³-hybridized carbons (Fsp3) is 0.100. The normalized spacial score (nSPS) is 17.2. The Labute approximate surface area is 163 Å². The SMILES string of the molecule is Cc1ccc(S(=O)(=O)O/N=C2\SC=C\C2=C(\C=N)c2ccccc2C)cc1. The van der Waals surface area contributed by atoms with Crippen LogP contribution in [0.3, 0.4) is 0 Å². The van der Waals surface area contributed by atoms with Crippen LogP contribution in [0.2, 0.25) is 0 Å². The molecular formula is C20H18N2O3S2. The summed E-state index contributed by atoms with van der Waals surface area (Å²) in [7, 11) is -4.00. The third kappa shape index (κ3) is 4.20. The molecule has 0 saturated heterocycles. The van der Waals surface area contributed by atoms with Gasteiger partial charge in [-0.25, -0.2) is 0 Å². The molecule has 0 spiro atoms. The summed E-state index contributed by atoms with van der Waals surface area (Å²) in [5, 5.41) is 13.9. The highest BCUT2D eigenvalue weighted by Crippen LogP contribution is 2.31. The van der Waals surface area contributed by atoms with E-state index in [4.69, 9.17) is 9.69 Å². The van der Waals surface area contributed by atoms with E-state index in [0.717, 1.165) is 16.7 Å². The maximum Gasteiger partial charge on any atom is 0.358 e. The predicted molar refractivity (Wildman–Crippen MR) is 110 cm³/mol. The molecule has 2 aromatic carbocycles. The Bertz CT molecular complexity index is 1070. The Morgan fingerprint density at radius 3 is 2.48 bits per heavy atom. The van der Waals surface area contributed by atoms with Gasteiger partial charge < -0.3 is 5.41 Å². The molecule has 1 aliphatic heterocycles. The fourth-order valence-electron chi connectivity index (χ4n) is 2.58. The molecule has 0 radical (unpaired) electrons. The van der Waals surface area contributed by atoms with Gasteiger partial charge in [-0.1, -0.05) is 58.9 Å². The van der Waals surface area contributed by atoms with Crippen molar-refractivity contribution in [1.29, 1.82) is 5.41 Å². The van der Waals surface area contributed by atoms with Gasteiger partial charge in [-0.05, 0) is 48.6 Å². The molecule has 27 heavy (non-hydrogen) atoms. The molecule has 0 atom stereocenters. The van der Waals surface area contributed by atoms with Crippen molar-refractivity contribution in [2.45, 2.75) is 18.7 Å². The minimum atomic E-state index is -4.00. The van der Waals surface area contributed by atoms with Crippen LogP contribution >= 0.6 is 11.8 Å². The Kier molecular flexibility index (Phi) is 5.62. The second-order valence-electron chi connectivity index (χ2n) is 5.95. The molecule has 0 aromatic heterocycles. The summed E-state index contributed by atoms with van der Waals surface area (Å²) in [6.45, 7) is 3.83. The summed E-state index contributed by atoms with van der Waals surface area (Å²) in [5.41, 5.74) is 4.17. The topological polar surface area (TPSA) is 79.6 Å². The van der Waals surface area contributed by atoms with Crippen LogP contribution in [0.4, 0.5) is 0 Å². The van der Waals surface area contributed by atoms with Gasteiger partial charge in [0.1, 0.15) is 9.94 Å². The summed E-state index contributed by atoms with van der Waals surface area (Å²) in [4.78, 5) is 0.0464. The zero-order chi connectivity index (χ0) is 19.4. The molecule has 3 rings (SSSR count). The van der Waals surface area contributed by atoms with E-state index in [0.29, 0.717) is 16.2 Å². The van der Waals surface area contributed by atoms with Gasteiger partial charge in [-0.2, -0.15) is 8.42 Å². The Hall–Kier alpha value is -2.64. The quantitative estimate of drug-likeness (QED) is 0.585. The number of rotatable bonds is 5. The van der Waals surface area contributed by atoms with Gasteiger partial charge in [-0.3, -0.25) is 4.28 Å². The first kappa shape index (κ1) is 19.1. The number of thioether (sulfide) groups is 1. The van der Waals surface area contributed by atoms with Crippen molar-refractivity contribution >= 4 is 38.7 Å². The van der Waals surface area contributed by atoms with Crippen molar-refractivity contribution in [2.24, 2.45) is 5.16 Å². The van der Waals surface area contributed by atoms with Gasteiger partial charge in [0.2, 0.25) is 0 Å². The molecule has 0 unspecified atom stereocenters. The lowest BCUT2D eigenvalue weighted by Gasteiger charge is -2.09. The highest BCUT2D eigenvalue weighted by molar-refractivity contribution is 8.17. The molecule has 138 valence electrons. The van der Waals surface area contributed by atoms with E-state index in [9.17, 15) is 8.42 Å². The second-order valence-corrected chi connectivity index (χ2v) is 8.37. The van der Waals surface area contributed by atoms with Gasteiger partial charge in [0.25, 0.3) is 0 Å². The lowest BCUT2D eigenvalue weighted by Crippen LogP contribution is -2.05. The minimum absolute atomic E-state index is 0.0464. The average Bonchev–Trinajstić information content (AvgIpc) is 3.11. The van der Waals surface area contributed by atoms with Crippen LogP contribution in [0.5, 0.6) is 0 Å². The van der Waals surface area contributed by atoms with Crippen LogP contribution < -0.4 is 0 Å². The third-order valence-corrected chi connectivity index (χ3v) is 5.95. The van der Waals surface area contributed by atoms with E-state index in [1.807, 2.05) is 38.1 Å². The number of benzene rings is 2. The van der Waals surface area contributed by atoms with Crippen LogP contribution in [0.15, 0.2) is 75.6 Å². The summed E-state index contributed by atoms with van der Waals surface area (Å²) in [5.74, 6) is 0. The van der Waals surface area contributed by atoms with E-state index < -0.39 is 10.1 Å². The van der Waals surface area contributed by atoms with Crippen molar-refractivity contribution in [3.05, 3.63) is 82.3 Å². The average molecular weight is 399 g/mol. The molecular weight excluding hydrogens is 380 g/mol. The van der Waals surface area contributed by atoms with Crippen LogP contribution in [-0.2, 0) is 14.4 Å². The van der Waals surface area contributed by atoms with Crippen LogP contribution in [-0.4, -0.2) is 19.7 Å². The molecule has 0 saturated carbocycles. The first-order valence-electron chi connectivity index (χ1n) is 8.15. The Balaban J connectivity index is 1.95. The van der Waals surface area contributed by atoms with Crippen LogP contribution in [0.25, 0.3) is 5.57 Å². The monoisotopic (exact) mass is 398 g/mol. The number of hydrogen-bond donors (Lipinski definition) is 1. The summed E-state index contributed by atoms with van der Waals surface area (Å²) >= 11 is 1.25. The lowest BCUT2D eigenvalue weighted by atomic mass is 9.97. The van der Waals surface area contributed by atoms with E-state index in [2.05, 4.69) is 5.16 Å². The van der Waals surface area contributed by atoms with E-state index in [-0.39, 0.29) is 4.90 Å². The lowest BCUT2D eigenvalue weighted by molar-refractivity contribution is 0.340. The highest BCUT2D eigenvalue weighted by atomic mass is 32.2. The number of nitrogens with zero attached hydrogens (tertiary/aromatic N) is 1. The molecule has 1 N–H and O–H groups in total. The zero-order valence-corrected chi connectivity index (χ0v) is 16.5. The molecule has 0 fully saturated rings. The summed E-state index contributed by atoms with van der Waals surface area (Å²) in [6.07, 6.45) is 3.05. The molecule has 7 heteroatoms. The number of oxime groups is 1. The highest BCUT2D eigenvalue weighted by Gasteiger charge is 2.21. The van der Waals surface area contributed by atoms with Crippen molar-refractivity contribution in [3.8, 4) is 0 Å². The van der Waals surface area contributed by atoms with Crippen LogP contribution in [0.1, 0.15) is 16.7 Å². The maximum absolute atomic E-state index is 12.4. The first-order valence-corrected chi connectivity index (χ1v) is 10.4. The molecule has 0 aliphatic carbocycles. The van der Waals surface area contributed by atoms with E-state index in [1.165, 1.54) is 30.1 Å². The van der Waals surface area contributed by atoms with Crippen molar-refractivity contribution in [3.63, 3.8) is 0 Å². The second kappa shape index (κ2) is 7.94. The number of aryl methyl sites for hydroxylation is 2. The van der Waals surface area contributed by atoms with Gasteiger partial charge in [0, 0.05) is 17.4 Å². The smallest absolute Gasteiger partial charge is 0.308 e. The Morgan fingerprint density at radius 2 is 1.81 bits per heavy atom. The number of allylic oxidation sites excluding steroid dienone is 2. The fourth-order valence-corrected chi connectivity index (χ4v) is 4.08. The van der Waals surface area contributed by atoms with E-state index >= 15 is 0 Å². The zero-order valence-electron chi connectivity index (χ0n) is 14.8.